The maximum absolute atomic E-state index is 2.37. The number of unbranched alkanes of at least 4 members (excludes halogenated alkanes) is 1. The molecule has 0 aliphatic heterocycles. The van der Waals surface area contributed by atoms with E-state index in [1.165, 1.54) is 38.5 Å². The summed E-state index contributed by atoms with van der Waals surface area (Å²) in [6.45, 7) is 4.49. The zero-order valence-electron chi connectivity index (χ0n) is 8.55. The Labute approximate surface area is 77.1 Å². The van der Waals surface area contributed by atoms with Crippen LogP contribution in [0.5, 0.6) is 0 Å². The van der Waals surface area contributed by atoms with E-state index >= 15 is 0 Å². The average molecular weight is 166 g/mol. The van der Waals surface area contributed by atoms with E-state index in [4.69, 9.17) is 0 Å². The maximum atomic E-state index is 2.37. The molecule has 0 radical (unpaired) electrons. The van der Waals surface area contributed by atoms with Gasteiger partial charge in [-0.25, -0.2) is 0 Å². The van der Waals surface area contributed by atoms with Crippen molar-refractivity contribution >= 4 is 0 Å². The van der Waals surface area contributed by atoms with Gasteiger partial charge in [0.15, 0.2) is 0 Å². The fraction of sp³-hybridized carbons (Fsp3) is 0.833. The Morgan fingerprint density at radius 3 is 2.67 bits per heavy atom. The molecule has 0 aromatic heterocycles. The van der Waals surface area contributed by atoms with Crippen LogP contribution in [-0.4, -0.2) is 0 Å². The third kappa shape index (κ3) is 3.42. The summed E-state index contributed by atoms with van der Waals surface area (Å²) in [5, 5.41) is 0. The molecule has 2 atom stereocenters. The Bertz CT molecular complexity index is 135. The van der Waals surface area contributed by atoms with Crippen LogP contribution in [0.1, 0.15) is 52.4 Å². The third-order valence-electron chi connectivity index (χ3n) is 2.84. The number of rotatable bonds is 6. The molecule has 0 bridgehead atoms. The highest BCUT2D eigenvalue weighted by Crippen LogP contribution is 2.44. The lowest BCUT2D eigenvalue weighted by molar-refractivity contribution is 0.605. The smallest absolute Gasteiger partial charge is 0.0319 e. The summed E-state index contributed by atoms with van der Waals surface area (Å²) in [5.74, 6) is 2.14. The topological polar surface area (TPSA) is 0 Å². The van der Waals surface area contributed by atoms with E-state index in [1.54, 1.807) is 0 Å². The quantitative estimate of drug-likeness (QED) is 0.519. The van der Waals surface area contributed by atoms with Crippen LogP contribution in [0.2, 0.25) is 0 Å². The first-order valence-corrected chi connectivity index (χ1v) is 5.53. The molecule has 0 heterocycles. The summed E-state index contributed by atoms with van der Waals surface area (Å²) >= 11 is 0. The lowest BCUT2D eigenvalue weighted by Crippen LogP contribution is -1.81. The SMILES string of the molecule is CCC=CCC1CC1CCCC. The van der Waals surface area contributed by atoms with Crippen molar-refractivity contribution in [3.05, 3.63) is 12.2 Å². The molecule has 1 aliphatic carbocycles. The second-order valence-electron chi connectivity index (χ2n) is 4.01. The van der Waals surface area contributed by atoms with Crippen molar-refractivity contribution in [2.75, 3.05) is 0 Å². The highest BCUT2D eigenvalue weighted by Gasteiger charge is 2.34. The molecule has 0 aromatic rings. The van der Waals surface area contributed by atoms with Gasteiger partial charge in [-0.1, -0.05) is 45.3 Å². The first kappa shape index (κ1) is 9.83. The molecule has 1 saturated carbocycles. The summed E-state index contributed by atoms with van der Waals surface area (Å²) in [7, 11) is 0. The predicted molar refractivity (Wildman–Crippen MR) is 55.2 cm³/mol. The van der Waals surface area contributed by atoms with Crippen LogP contribution < -0.4 is 0 Å². The average Bonchev–Trinajstić information content (AvgIpc) is 2.81. The van der Waals surface area contributed by atoms with Crippen LogP contribution in [-0.2, 0) is 0 Å². The highest BCUT2D eigenvalue weighted by atomic mass is 14.4. The summed E-state index contributed by atoms with van der Waals surface area (Å²) in [4.78, 5) is 0. The summed E-state index contributed by atoms with van der Waals surface area (Å²) in [5.41, 5.74) is 0. The fourth-order valence-electron chi connectivity index (χ4n) is 1.86. The van der Waals surface area contributed by atoms with E-state index < -0.39 is 0 Å². The zero-order chi connectivity index (χ0) is 8.81. The molecule has 0 saturated heterocycles. The highest BCUT2D eigenvalue weighted by molar-refractivity contribution is 4.93. The van der Waals surface area contributed by atoms with Crippen molar-refractivity contribution in [3.63, 3.8) is 0 Å². The third-order valence-corrected chi connectivity index (χ3v) is 2.84. The summed E-state index contributed by atoms with van der Waals surface area (Å²) < 4.78 is 0. The standard InChI is InChI=1S/C12H22/c1-3-5-7-9-12-10-11(12)8-6-4-2/h5,7,11-12H,3-4,6,8-10H2,1-2H3. The molecule has 0 heteroatoms. The molecular weight excluding hydrogens is 144 g/mol. The number of hydrogen-bond donors (Lipinski definition) is 0. The van der Waals surface area contributed by atoms with E-state index in [2.05, 4.69) is 26.0 Å². The Morgan fingerprint density at radius 2 is 2.00 bits per heavy atom. The van der Waals surface area contributed by atoms with E-state index in [9.17, 15) is 0 Å². The Balaban J connectivity index is 1.96. The molecule has 0 N–H and O–H groups in total. The second kappa shape index (κ2) is 5.40. The summed E-state index contributed by atoms with van der Waals surface area (Å²) in [6.07, 6.45) is 13.0. The van der Waals surface area contributed by atoms with Gasteiger partial charge in [-0.15, -0.1) is 0 Å². The van der Waals surface area contributed by atoms with Gasteiger partial charge in [-0.3, -0.25) is 0 Å². The van der Waals surface area contributed by atoms with Gasteiger partial charge in [0.2, 0.25) is 0 Å². The van der Waals surface area contributed by atoms with Crippen LogP contribution in [0.15, 0.2) is 12.2 Å². The molecule has 0 spiro atoms. The lowest BCUT2D eigenvalue weighted by atomic mass is 10.1. The van der Waals surface area contributed by atoms with Gasteiger partial charge in [-0.05, 0) is 31.1 Å². The molecule has 2 unspecified atom stereocenters. The van der Waals surface area contributed by atoms with Crippen LogP contribution >= 0.6 is 0 Å². The minimum atomic E-state index is 1.05. The fourth-order valence-corrected chi connectivity index (χ4v) is 1.86. The molecule has 0 aromatic carbocycles. The molecular formula is C12H22. The first-order valence-electron chi connectivity index (χ1n) is 5.53. The van der Waals surface area contributed by atoms with Gasteiger partial charge < -0.3 is 0 Å². The Hall–Kier alpha value is -0.260. The van der Waals surface area contributed by atoms with E-state index in [1.807, 2.05) is 0 Å². The molecule has 1 aliphatic rings. The van der Waals surface area contributed by atoms with E-state index in [0.29, 0.717) is 0 Å². The van der Waals surface area contributed by atoms with Crippen molar-refractivity contribution < 1.29 is 0 Å². The zero-order valence-corrected chi connectivity index (χ0v) is 8.55. The van der Waals surface area contributed by atoms with Gasteiger partial charge in [-0.2, -0.15) is 0 Å². The summed E-state index contributed by atoms with van der Waals surface area (Å²) in [6, 6.07) is 0. The van der Waals surface area contributed by atoms with Crippen LogP contribution in [0.3, 0.4) is 0 Å². The van der Waals surface area contributed by atoms with Gasteiger partial charge in [0.1, 0.15) is 0 Å². The largest absolute Gasteiger partial charge is 0.0888 e. The monoisotopic (exact) mass is 166 g/mol. The van der Waals surface area contributed by atoms with Gasteiger partial charge in [0.25, 0.3) is 0 Å². The van der Waals surface area contributed by atoms with Gasteiger partial charge >= 0.3 is 0 Å². The second-order valence-corrected chi connectivity index (χ2v) is 4.01. The molecule has 1 fully saturated rings. The maximum Gasteiger partial charge on any atom is -0.0319 e. The molecule has 12 heavy (non-hydrogen) atoms. The van der Waals surface area contributed by atoms with Crippen molar-refractivity contribution in [1.29, 1.82) is 0 Å². The Morgan fingerprint density at radius 1 is 1.17 bits per heavy atom. The van der Waals surface area contributed by atoms with Crippen molar-refractivity contribution in [1.82, 2.24) is 0 Å². The Kier molecular flexibility index (Phi) is 4.42. The molecule has 1 rings (SSSR count). The van der Waals surface area contributed by atoms with Gasteiger partial charge in [0, 0.05) is 0 Å². The first-order chi connectivity index (χ1) is 5.88. The number of hydrogen-bond acceptors (Lipinski definition) is 0. The normalized spacial score (nSPS) is 28.2. The lowest BCUT2D eigenvalue weighted by Gasteiger charge is -1.94. The van der Waals surface area contributed by atoms with E-state index in [-0.39, 0.29) is 0 Å². The van der Waals surface area contributed by atoms with Crippen LogP contribution in [0, 0.1) is 11.8 Å². The predicted octanol–water partition coefficient (Wildman–Crippen LogP) is 4.17. The minimum absolute atomic E-state index is 1.05. The van der Waals surface area contributed by atoms with Crippen LogP contribution in [0.4, 0.5) is 0 Å². The van der Waals surface area contributed by atoms with Gasteiger partial charge in [0.05, 0.1) is 0 Å². The molecule has 0 nitrogen and oxygen atoms in total. The van der Waals surface area contributed by atoms with E-state index in [0.717, 1.165) is 11.8 Å². The molecule has 70 valence electrons. The van der Waals surface area contributed by atoms with Crippen molar-refractivity contribution in [3.8, 4) is 0 Å². The van der Waals surface area contributed by atoms with Crippen molar-refractivity contribution in [2.24, 2.45) is 11.8 Å². The minimum Gasteiger partial charge on any atom is -0.0888 e. The van der Waals surface area contributed by atoms with Crippen molar-refractivity contribution in [2.45, 2.75) is 52.4 Å². The number of allylic oxidation sites excluding steroid dienone is 2. The van der Waals surface area contributed by atoms with Crippen LogP contribution in [0.25, 0.3) is 0 Å². The molecule has 0 amide bonds.